The maximum absolute atomic E-state index is 14.8. The van der Waals surface area contributed by atoms with Gasteiger partial charge in [-0.1, -0.05) is 61.9 Å². The third-order valence-electron chi connectivity index (χ3n) is 6.28. The summed E-state index contributed by atoms with van der Waals surface area (Å²) in [6.45, 7) is 2.41. The van der Waals surface area contributed by atoms with Crippen LogP contribution in [-0.2, 0) is 11.2 Å². The van der Waals surface area contributed by atoms with Crippen molar-refractivity contribution in [1.29, 1.82) is 0 Å². The molecule has 3 nitrogen and oxygen atoms in total. The number of hydrogen-bond donors (Lipinski definition) is 0. The standard InChI is InChI=1S/C30H22F4O3/c1-2-3-17-4-6-18(7-5-17)22-14-15-24(29(34)27(22)32)37-30(35)20-10-8-19(9-11-20)21-12-13-23(25-16-36-25)28(33)26(21)31/h4-15,25H,2-3,16H2,1H3. The van der Waals surface area contributed by atoms with E-state index >= 15 is 0 Å². The number of epoxide rings is 1. The summed E-state index contributed by atoms with van der Waals surface area (Å²) in [7, 11) is 0. The average molecular weight is 506 g/mol. The van der Waals surface area contributed by atoms with Crippen molar-refractivity contribution in [3.8, 4) is 28.0 Å². The van der Waals surface area contributed by atoms with Gasteiger partial charge in [0.15, 0.2) is 23.2 Å². The number of esters is 1. The van der Waals surface area contributed by atoms with Crippen LogP contribution >= 0.6 is 0 Å². The Hall–Kier alpha value is -3.97. The lowest BCUT2D eigenvalue weighted by atomic mass is 10.0. The highest BCUT2D eigenvalue weighted by Crippen LogP contribution is 2.36. The van der Waals surface area contributed by atoms with Gasteiger partial charge in [-0.05, 0) is 47.4 Å². The van der Waals surface area contributed by atoms with Gasteiger partial charge in [0.2, 0.25) is 5.82 Å². The normalized spacial score (nSPS) is 14.5. The first kappa shape index (κ1) is 24.7. The molecular weight excluding hydrogens is 484 g/mol. The zero-order valence-electron chi connectivity index (χ0n) is 19.9. The molecule has 4 aromatic carbocycles. The molecule has 37 heavy (non-hydrogen) atoms. The third-order valence-corrected chi connectivity index (χ3v) is 6.28. The van der Waals surface area contributed by atoms with Crippen molar-refractivity contribution < 1.29 is 31.8 Å². The van der Waals surface area contributed by atoms with E-state index in [-0.39, 0.29) is 22.3 Å². The third kappa shape index (κ3) is 5.00. The van der Waals surface area contributed by atoms with Crippen LogP contribution in [0.4, 0.5) is 17.6 Å². The topological polar surface area (TPSA) is 38.8 Å². The van der Waals surface area contributed by atoms with Crippen molar-refractivity contribution in [3.63, 3.8) is 0 Å². The first-order chi connectivity index (χ1) is 17.9. The van der Waals surface area contributed by atoms with E-state index in [0.29, 0.717) is 17.7 Å². The Morgan fingerprint density at radius 2 is 1.35 bits per heavy atom. The molecule has 0 saturated carbocycles. The van der Waals surface area contributed by atoms with Crippen LogP contribution in [-0.4, -0.2) is 12.6 Å². The minimum atomic E-state index is -1.28. The van der Waals surface area contributed by atoms with Crippen LogP contribution in [0.15, 0.2) is 72.8 Å². The Kier molecular flexibility index (Phi) is 6.80. The van der Waals surface area contributed by atoms with Gasteiger partial charge < -0.3 is 9.47 Å². The molecule has 1 saturated heterocycles. The molecule has 1 aliphatic rings. The molecule has 1 unspecified atom stereocenters. The number of rotatable bonds is 7. The summed E-state index contributed by atoms with van der Waals surface area (Å²) in [4.78, 5) is 12.6. The van der Waals surface area contributed by atoms with E-state index in [9.17, 15) is 22.4 Å². The van der Waals surface area contributed by atoms with Crippen LogP contribution in [0, 0.1) is 23.3 Å². The first-order valence-corrected chi connectivity index (χ1v) is 11.9. The van der Waals surface area contributed by atoms with Crippen LogP contribution < -0.4 is 4.74 Å². The minimum absolute atomic E-state index is 0.0215. The number of benzene rings is 4. The maximum Gasteiger partial charge on any atom is 0.343 e. The Balaban J connectivity index is 1.32. The minimum Gasteiger partial charge on any atom is -0.420 e. The lowest BCUT2D eigenvalue weighted by molar-refractivity contribution is 0.0726. The highest BCUT2D eigenvalue weighted by Gasteiger charge is 2.30. The molecule has 0 radical (unpaired) electrons. The van der Waals surface area contributed by atoms with E-state index in [2.05, 4.69) is 6.92 Å². The van der Waals surface area contributed by atoms with Gasteiger partial charge in [0.05, 0.1) is 12.2 Å². The van der Waals surface area contributed by atoms with Gasteiger partial charge in [0, 0.05) is 16.7 Å². The maximum atomic E-state index is 14.8. The van der Waals surface area contributed by atoms with E-state index in [4.69, 9.17) is 9.47 Å². The lowest BCUT2D eigenvalue weighted by Gasteiger charge is -2.11. The van der Waals surface area contributed by atoms with Crippen molar-refractivity contribution in [2.45, 2.75) is 25.9 Å². The van der Waals surface area contributed by atoms with Crippen molar-refractivity contribution in [3.05, 3.63) is 113 Å². The SMILES string of the molecule is CCCc1ccc(-c2ccc(OC(=O)c3ccc(-c4ccc(C5CO5)c(F)c4F)cc3)c(F)c2F)cc1. The van der Waals surface area contributed by atoms with Crippen molar-refractivity contribution in [2.75, 3.05) is 6.61 Å². The number of carbonyl (C=O) groups excluding carboxylic acids is 1. The number of halogens is 4. The summed E-state index contributed by atoms with van der Waals surface area (Å²) in [5, 5.41) is 0. The van der Waals surface area contributed by atoms with Gasteiger partial charge in [-0.25, -0.2) is 18.0 Å². The van der Waals surface area contributed by atoms with E-state index in [1.807, 2.05) is 12.1 Å². The number of hydrogen-bond acceptors (Lipinski definition) is 3. The number of aryl methyl sites for hydroxylation is 1. The summed E-state index contributed by atoms with van der Waals surface area (Å²) in [5.41, 5.74) is 2.21. The van der Waals surface area contributed by atoms with Gasteiger partial charge in [-0.3, -0.25) is 0 Å². The summed E-state index contributed by atoms with van der Waals surface area (Å²) in [6, 6.07) is 18.2. The first-order valence-electron chi connectivity index (χ1n) is 11.9. The van der Waals surface area contributed by atoms with Gasteiger partial charge >= 0.3 is 5.97 Å². The van der Waals surface area contributed by atoms with E-state index in [1.54, 1.807) is 12.1 Å². The quantitative estimate of drug-likeness (QED) is 0.111. The lowest BCUT2D eigenvalue weighted by Crippen LogP contribution is -2.10. The van der Waals surface area contributed by atoms with Gasteiger partial charge in [-0.15, -0.1) is 0 Å². The van der Waals surface area contributed by atoms with E-state index < -0.39 is 41.1 Å². The van der Waals surface area contributed by atoms with Crippen molar-refractivity contribution in [1.82, 2.24) is 0 Å². The average Bonchev–Trinajstić information content (AvgIpc) is 3.75. The predicted octanol–water partition coefficient (Wildman–Crippen LogP) is 7.82. The molecule has 0 aromatic heterocycles. The summed E-state index contributed by atoms with van der Waals surface area (Å²) in [6.07, 6.45) is 1.44. The molecule has 7 heteroatoms. The fourth-order valence-corrected chi connectivity index (χ4v) is 4.18. The van der Waals surface area contributed by atoms with Crippen molar-refractivity contribution in [2.24, 2.45) is 0 Å². The second-order valence-electron chi connectivity index (χ2n) is 8.81. The van der Waals surface area contributed by atoms with Crippen LogP contribution in [0.3, 0.4) is 0 Å². The smallest absolute Gasteiger partial charge is 0.343 e. The molecule has 1 aliphatic heterocycles. The number of ether oxygens (including phenoxy) is 2. The summed E-state index contributed by atoms with van der Waals surface area (Å²) in [5.74, 6) is -5.86. The summed E-state index contributed by atoms with van der Waals surface area (Å²) < 4.78 is 68.6. The monoisotopic (exact) mass is 506 g/mol. The molecule has 0 amide bonds. The second-order valence-corrected chi connectivity index (χ2v) is 8.81. The molecule has 1 atom stereocenters. The number of carbonyl (C=O) groups is 1. The van der Waals surface area contributed by atoms with Crippen LogP contribution in [0.25, 0.3) is 22.3 Å². The van der Waals surface area contributed by atoms with Gasteiger partial charge in [0.25, 0.3) is 0 Å². The van der Waals surface area contributed by atoms with E-state index in [0.717, 1.165) is 18.4 Å². The van der Waals surface area contributed by atoms with Crippen LogP contribution in [0.5, 0.6) is 5.75 Å². The Morgan fingerprint density at radius 3 is 1.95 bits per heavy atom. The molecular formula is C30H22F4O3. The molecule has 1 heterocycles. The molecule has 1 fully saturated rings. The Bertz CT molecular complexity index is 1460. The highest BCUT2D eigenvalue weighted by molar-refractivity contribution is 5.91. The zero-order chi connectivity index (χ0) is 26.1. The fourth-order valence-electron chi connectivity index (χ4n) is 4.18. The molecule has 5 rings (SSSR count). The molecule has 0 spiro atoms. The van der Waals surface area contributed by atoms with Gasteiger partial charge in [-0.2, -0.15) is 4.39 Å². The van der Waals surface area contributed by atoms with Gasteiger partial charge in [0.1, 0.15) is 6.10 Å². The molecule has 4 aromatic rings. The molecule has 0 aliphatic carbocycles. The fraction of sp³-hybridized carbons (Fsp3) is 0.167. The Labute approximate surface area is 211 Å². The highest BCUT2D eigenvalue weighted by atomic mass is 19.2. The molecule has 188 valence electrons. The van der Waals surface area contributed by atoms with Crippen LogP contribution in [0.2, 0.25) is 0 Å². The largest absolute Gasteiger partial charge is 0.420 e. The second kappa shape index (κ2) is 10.2. The van der Waals surface area contributed by atoms with Crippen molar-refractivity contribution >= 4 is 5.97 Å². The summed E-state index contributed by atoms with van der Waals surface area (Å²) >= 11 is 0. The molecule has 0 N–H and O–H groups in total. The molecule has 0 bridgehead atoms. The Morgan fingerprint density at radius 1 is 0.784 bits per heavy atom. The predicted molar refractivity (Wildman–Crippen MR) is 131 cm³/mol. The zero-order valence-corrected chi connectivity index (χ0v) is 19.9. The van der Waals surface area contributed by atoms with E-state index in [1.165, 1.54) is 48.5 Å². The van der Waals surface area contributed by atoms with Crippen LogP contribution in [0.1, 0.15) is 40.9 Å².